The van der Waals surface area contributed by atoms with Gasteiger partial charge in [0.05, 0.1) is 0 Å². The van der Waals surface area contributed by atoms with Crippen molar-refractivity contribution >= 4 is 5.78 Å². The van der Waals surface area contributed by atoms with Crippen molar-refractivity contribution in [2.75, 3.05) is 0 Å². The molecule has 0 aromatic heterocycles. The molecule has 0 heterocycles. The van der Waals surface area contributed by atoms with Crippen LogP contribution < -0.4 is 0 Å². The molecule has 0 fully saturated rings. The summed E-state index contributed by atoms with van der Waals surface area (Å²) >= 11 is 0. The van der Waals surface area contributed by atoms with Gasteiger partial charge in [0.1, 0.15) is 0 Å². The van der Waals surface area contributed by atoms with Gasteiger partial charge in [-0.2, -0.15) is 6.92 Å². The first-order valence-corrected chi connectivity index (χ1v) is 2.82. The molecule has 0 N–H and O–H groups in total. The van der Waals surface area contributed by atoms with Crippen LogP contribution in [0.15, 0.2) is 0 Å². The number of rotatable bonds is 1. The zero-order valence-electron chi connectivity index (χ0n) is 8.21. The van der Waals surface area contributed by atoms with Gasteiger partial charge in [-0.1, -0.05) is 20.8 Å². The van der Waals surface area contributed by atoms with E-state index in [1.807, 2.05) is 20.8 Å². The van der Waals surface area contributed by atoms with Gasteiger partial charge in [-0.05, 0) is 5.41 Å². The number of hydrogen-bond donors (Lipinski definition) is 0. The number of ketones is 1. The first-order chi connectivity index (χ1) is 3.48. The van der Waals surface area contributed by atoms with E-state index in [0.29, 0.717) is 0 Å². The summed E-state index contributed by atoms with van der Waals surface area (Å²) in [5.74, 6) is 0.206. The van der Waals surface area contributed by atoms with Crippen LogP contribution in [0, 0.1) is 19.3 Å². The van der Waals surface area contributed by atoms with Crippen molar-refractivity contribution in [3.63, 3.8) is 0 Å². The standard InChI is InChI=1S/C7H13O.CH3.3W/c1-5-6(8)7(2,3)4;;;;/h5H,1-4H3;1H3;;;/q2*-1;;;+2. The Morgan fingerprint density at radius 3 is 1.42 bits per heavy atom. The van der Waals surface area contributed by atoms with Gasteiger partial charge in [0, 0.05) is 47.9 Å². The third-order valence-electron chi connectivity index (χ3n) is 1.00. The van der Waals surface area contributed by atoms with Crippen LogP contribution in [-0.4, -0.2) is 5.78 Å². The summed E-state index contributed by atoms with van der Waals surface area (Å²) < 4.78 is 0. The molecule has 0 aromatic carbocycles. The van der Waals surface area contributed by atoms with E-state index in [4.69, 9.17) is 0 Å². The Morgan fingerprint density at radius 2 is 1.42 bits per heavy atom. The molecule has 4 heteroatoms. The van der Waals surface area contributed by atoms with Crippen LogP contribution in [0.1, 0.15) is 27.7 Å². The normalized spacial score (nSPS) is 7.33. The Morgan fingerprint density at radius 1 is 1.17 bits per heavy atom. The average molecular weight is 680 g/mol. The van der Waals surface area contributed by atoms with Crippen molar-refractivity contribution in [2.45, 2.75) is 27.7 Å². The maximum absolute atomic E-state index is 10.8. The monoisotopic (exact) mass is 680 g/mol. The molecule has 1 nitrogen and oxygen atoms in total. The fourth-order valence-electron chi connectivity index (χ4n) is 0.433. The molecule has 72 valence electrons. The SMILES string of the molecule is C[CH-]C(=O)C(C)(C)C.[CH3-].[W+2].[W].[W]. The van der Waals surface area contributed by atoms with Crippen LogP contribution >= 0.6 is 0 Å². The van der Waals surface area contributed by atoms with Gasteiger partial charge in [-0.3, -0.25) is 0 Å². The van der Waals surface area contributed by atoms with Gasteiger partial charge in [0.25, 0.3) is 0 Å². The molecule has 0 amide bonds. The van der Waals surface area contributed by atoms with Gasteiger partial charge < -0.3 is 18.6 Å². The van der Waals surface area contributed by atoms with E-state index in [9.17, 15) is 4.79 Å². The smallest absolute Gasteiger partial charge is 0.358 e. The molecular formula is C8H16OW3. The van der Waals surface area contributed by atoms with Crippen molar-refractivity contribution < 1.29 is 68.0 Å². The first kappa shape index (κ1) is 29.2. The Bertz CT molecular complexity index is 97.0. The number of carbonyl (C=O) groups excluding carboxylic acids is 1. The first-order valence-electron chi connectivity index (χ1n) is 2.82. The number of hydrogen-bond acceptors (Lipinski definition) is 1. The largest absolute Gasteiger partial charge is 2.00 e. The molecule has 0 bridgehead atoms. The Labute approximate surface area is 120 Å². The predicted molar refractivity (Wildman–Crippen MR) is 40.9 cm³/mol. The van der Waals surface area contributed by atoms with Crippen LogP contribution in [0.3, 0.4) is 0 Å². The second-order valence-corrected chi connectivity index (χ2v) is 2.90. The molecular weight excluding hydrogens is 664 g/mol. The average Bonchev–Trinajstić information content (AvgIpc) is 1.62. The van der Waals surface area contributed by atoms with E-state index in [1.54, 1.807) is 13.3 Å². The van der Waals surface area contributed by atoms with Crippen molar-refractivity contribution in [3.05, 3.63) is 13.8 Å². The molecule has 0 aromatic rings. The number of carbonyl (C=O) groups is 1. The van der Waals surface area contributed by atoms with E-state index in [-0.39, 0.29) is 81.8 Å². The minimum absolute atomic E-state index is 0. The molecule has 0 aliphatic heterocycles. The third kappa shape index (κ3) is 14.1. The summed E-state index contributed by atoms with van der Waals surface area (Å²) in [6.45, 7) is 7.51. The van der Waals surface area contributed by atoms with Crippen LogP contribution in [0.5, 0.6) is 0 Å². The molecule has 0 atom stereocenters. The van der Waals surface area contributed by atoms with Crippen LogP contribution in [0.4, 0.5) is 0 Å². The van der Waals surface area contributed by atoms with Gasteiger partial charge >= 0.3 is 21.1 Å². The molecule has 0 saturated heterocycles. The van der Waals surface area contributed by atoms with Crippen molar-refractivity contribution in [2.24, 2.45) is 5.41 Å². The topological polar surface area (TPSA) is 17.1 Å². The Kier molecular flexibility index (Phi) is 30.7. The fourth-order valence-corrected chi connectivity index (χ4v) is 0.433. The molecule has 0 unspecified atom stereocenters. The summed E-state index contributed by atoms with van der Waals surface area (Å²) in [5, 5.41) is 0. The summed E-state index contributed by atoms with van der Waals surface area (Å²) in [6, 6.07) is 0. The maximum atomic E-state index is 10.8. The minimum Gasteiger partial charge on any atom is -0.358 e. The van der Waals surface area contributed by atoms with E-state index in [0.717, 1.165) is 0 Å². The van der Waals surface area contributed by atoms with Crippen molar-refractivity contribution in [1.29, 1.82) is 0 Å². The van der Waals surface area contributed by atoms with E-state index >= 15 is 0 Å². The van der Waals surface area contributed by atoms with Crippen molar-refractivity contribution in [1.82, 2.24) is 0 Å². The van der Waals surface area contributed by atoms with Gasteiger partial charge in [-0.15, -0.1) is 0 Å². The zero-order chi connectivity index (χ0) is 6.78. The van der Waals surface area contributed by atoms with E-state index in [1.165, 1.54) is 0 Å². The van der Waals surface area contributed by atoms with Gasteiger partial charge in [0.15, 0.2) is 0 Å². The summed E-state index contributed by atoms with van der Waals surface area (Å²) in [5.41, 5.74) is -0.186. The van der Waals surface area contributed by atoms with E-state index < -0.39 is 0 Å². The molecule has 0 radical (unpaired) electrons. The molecule has 0 rings (SSSR count). The Hall–Kier alpha value is 1.60. The third-order valence-corrected chi connectivity index (χ3v) is 1.00. The molecule has 0 saturated carbocycles. The quantitative estimate of drug-likeness (QED) is 0.389. The minimum atomic E-state index is -0.186. The molecule has 12 heavy (non-hydrogen) atoms. The summed E-state index contributed by atoms with van der Waals surface area (Å²) in [4.78, 5) is 10.8. The van der Waals surface area contributed by atoms with Crippen LogP contribution in [-0.2, 0) is 68.0 Å². The van der Waals surface area contributed by atoms with Crippen LogP contribution in [0.2, 0.25) is 0 Å². The van der Waals surface area contributed by atoms with Gasteiger partial charge in [0.2, 0.25) is 0 Å². The zero-order valence-corrected chi connectivity index (χ0v) is 17.0. The maximum Gasteiger partial charge on any atom is 2.00 e. The predicted octanol–water partition coefficient (Wildman–Crippen LogP) is 2.27. The number of Topliss-reactive ketones (excluding diaryl/α,β-unsaturated/α-hetero) is 1. The fraction of sp³-hybridized carbons (Fsp3) is 0.625. The van der Waals surface area contributed by atoms with Gasteiger partial charge in [-0.25, -0.2) is 0 Å². The summed E-state index contributed by atoms with van der Waals surface area (Å²) in [6.07, 6.45) is 1.61. The summed E-state index contributed by atoms with van der Waals surface area (Å²) in [7, 11) is 0. The second kappa shape index (κ2) is 12.6. The molecule has 0 spiro atoms. The van der Waals surface area contributed by atoms with Crippen LogP contribution in [0.25, 0.3) is 0 Å². The Balaban J connectivity index is -0.0000000408. The van der Waals surface area contributed by atoms with E-state index in [2.05, 4.69) is 0 Å². The van der Waals surface area contributed by atoms with Crippen molar-refractivity contribution in [3.8, 4) is 0 Å². The molecule has 0 aliphatic carbocycles. The molecule has 0 aliphatic rings. The second-order valence-electron chi connectivity index (χ2n) is 2.90.